The van der Waals surface area contributed by atoms with Crippen molar-refractivity contribution in [3.05, 3.63) is 62.6 Å². The molecule has 1 aromatic carbocycles. The number of aromatic amines is 1. The first kappa shape index (κ1) is 17.2. The molecule has 25 heavy (non-hydrogen) atoms. The molecule has 3 aromatic rings. The molecule has 0 unspecified atom stereocenters. The van der Waals surface area contributed by atoms with Crippen molar-refractivity contribution in [2.75, 3.05) is 13.1 Å². The topological polar surface area (TPSA) is 75.9 Å². The third-order valence-corrected chi connectivity index (χ3v) is 4.60. The molecule has 0 aliphatic heterocycles. The Morgan fingerprint density at radius 2 is 1.84 bits per heavy atom. The molecule has 0 spiro atoms. The van der Waals surface area contributed by atoms with Gasteiger partial charge in [-0.15, -0.1) is 0 Å². The summed E-state index contributed by atoms with van der Waals surface area (Å²) < 4.78 is 3.15. The van der Waals surface area contributed by atoms with Gasteiger partial charge < -0.3 is 4.57 Å². The second-order valence-corrected chi connectivity index (χ2v) is 6.18. The van der Waals surface area contributed by atoms with E-state index in [1.54, 1.807) is 11.6 Å². The predicted molar refractivity (Wildman–Crippen MR) is 97.7 cm³/mol. The molecule has 0 saturated carbocycles. The maximum absolute atomic E-state index is 12.1. The molecular formula is C18H23N5O2. The Labute approximate surface area is 145 Å². The lowest BCUT2D eigenvalue weighted by Crippen LogP contribution is -2.29. The van der Waals surface area contributed by atoms with Gasteiger partial charge in [-0.3, -0.25) is 19.2 Å². The zero-order valence-electron chi connectivity index (χ0n) is 14.8. The monoisotopic (exact) mass is 341 g/mol. The SMILES string of the molecule is CCN(CCc1ccccc1)Cc1nc2c(c(=O)[nH]c(=O)n2C)n1C. The summed E-state index contributed by atoms with van der Waals surface area (Å²) in [6.07, 6.45) is 0.956. The normalized spacial score (nSPS) is 11.5. The average molecular weight is 341 g/mol. The van der Waals surface area contributed by atoms with Crippen molar-refractivity contribution in [1.29, 1.82) is 0 Å². The quantitative estimate of drug-likeness (QED) is 0.726. The highest BCUT2D eigenvalue weighted by molar-refractivity contribution is 5.70. The van der Waals surface area contributed by atoms with Crippen molar-refractivity contribution in [1.82, 2.24) is 24.0 Å². The van der Waals surface area contributed by atoms with Crippen molar-refractivity contribution >= 4 is 11.2 Å². The number of fused-ring (bicyclic) bond motifs is 1. The first-order valence-electron chi connectivity index (χ1n) is 8.42. The minimum atomic E-state index is -0.446. The highest BCUT2D eigenvalue weighted by Gasteiger charge is 2.16. The Morgan fingerprint density at radius 3 is 2.52 bits per heavy atom. The van der Waals surface area contributed by atoms with Gasteiger partial charge in [-0.2, -0.15) is 0 Å². The maximum Gasteiger partial charge on any atom is 0.329 e. The summed E-state index contributed by atoms with van der Waals surface area (Å²) in [7, 11) is 3.43. The van der Waals surface area contributed by atoms with Crippen LogP contribution in [0.4, 0.5) is 0 Å². The molecule has 0 saturated heterocycles. The zero-order valence-corrected chi connectivity index (χ0v) is 14.8. The molecule has 1 N–H and O–H groups in total. The van der Waals surface area contributed by atoms with Crippen molar-refractivity contribution < 1.29 is 0 Å². The van der Waals surface area contributed by atoms with Gasteiger partial charge in [0.05, 0.1) is 6.54 Å². The van der Waals surface area contributed by atoms with E-state index < -0.39 is 11.2 Å². The van der Waals surface area contributed by atoms with Crippen molar-refractivity contribution in [3.63, 3.8) is 0 Å². The fourth-order valence-electron chi connectivity index (χ4n) is 2.98. The maximum atomic E-state index is 12.1. The van der Waals surface area contributed by atoms with Crippen LogP contribution in [0.15, 0.2) is 39.9 Å². The summed E-state index contributed by atoms with van der Waals surface area (Å²) in [6, 6.07) is 10.4. The Hall–Kier alpha value is -2.67. The van der Waals surface area contributed by atoms with Crippen LogP contribution < -0.4 is 11.2 Å². The largest absolute Gasteiger partial charge is 0.329 e. The van der Waals surface area contributed by atoms with Crippen LogP contribution in [0, 0.1) is 0 Å². The fraction of sp³-hybridized carbons (Fsp3) is 0.389. The number of likely N-dealkylation sites (N-methyl/N-ethyl adjacent to an activating group) is 1. The van der Waals surface area contributed by atoms with Gasteiger partial charge in [-0.1, -0.05) is 37.3 Å². The molecule has 0 bridgehead atoms. The number of rotatable bonds is 6. The van der Waals surface area contributed by atoms with Gasteiger partial charge in [-0.05, 0) is 18.5 Å². The summed E-state index contributed by atoms with van der Waals surface area (Å²) in [6.45, 7) is 4.52. The molecule has 132 valence electrons. The Balaban J connectivity index is 1.85. The Kier molecular flexibility index (Phi) is 4.85. The highest BCUT2D eigenvalue weighted by atomic mass is 16.2. The summed E-state index contributed by atoms with van der Waals surface area (Å²) in [4.78, 5) is 33.0. The van der Waals surface area contributed by atoms with Crippen LogP contribution >= 0.6 is 0 Å². The number of H-pyrrole nitrogens is 1. The standard InChI is InChI=1S/C18H23N5O2/c1-4-23(11-10-13-8-6-5-7-9-13)12-14-19-16-15(21(14)2)17(24)20-18(25)22(16)3/h5-9H,4,10-12H2,1-3H3,(H,20,24,25). The number of nitrogens with zero attached hydrogens (tertiary/aromatic N) is 4. The second-order valence-electron chi connectivity index (χ2n) is 6.18. The second kappa shape index (κ2) is 7.06. The molecule has 0 atom stereocenters. The van der Waals surface area contributed by atoms with Crippen LogP contribution in [0.25, 0.3) is 11.2 Å². The van der Waals surface area contributed by atoms with Crippen molar-refractivity contribution in [2.45, 2.75) is 19.9 Å². The number of aromatic nitrogens is 4. The molecule has 0 radical (unpaired) electrons. The average Bonchev–Trinajstić information content (AvgIpc) is 2.94. The molecule has 0 aliphatic carbocycles. The number of nitrogens with one attached hydrogen (secondary N) is 1. The number of hydrogen-bond donors (Lipinski definition) is 1. The molecule has 0 amide bonds. The molecular weight excluding hydrogens is 318 g/mol. The minimum Gasteiger partial charge on any atom is -0.324 e. The van der Waals surface area contributed by atoms with E-state index in [2.05, 4.69) is 33.9 Å². The smallest absolute Gasteiger partial charge is 0.324 e. The van der Waals surface area contributed by atoms with E-state index >= 15 is 0 Å². The predicted octanol–water partition coefficient (Wildman–Crippen LogP) is 1.02. The van der Waals surface area contributed by atoms with E-state index in [-0.39, 0.29) is 0 Å². The molecule has 7 nitrogen and oxygen atoms in total. The van der Waals surface area contributed by atoms with E-state index in [0.29, 0.717) is 17.7 Å². The van der Waals surface area contributed by atoms with Gasteiger partial charge in [0.25, 0.3) is 5.56 Å². The Bertz CT molecular complexity index is 984. The number of benzene rings is 1. The van der Waals surface area contributed by atoms with E-state index in [1.165, 1.54) is 10.1 Å². The van der Waals surface area contributed by atoms with Gasteiger partial charge in [0.15, 0.2) is 11.2 Å². The number of imidazole rings is 1. The summed E-state index contributed by atoms with van der Waals surface area (Å²) in [5.74, 6) is 0.775. The van der Waals surface area contributed by atoms with Crippen LogP contribution in [-0.4, -0.2) is 37.1 Å². The van der Waals surface area contributed by atoms with Crippen LogP contribution in [0.5, 0.6) is 0 Å². The van der Waals surface area contributed by atoms with Crippen LogP contribution in [0.1, 0.15) is 18.3 Å². The van der Waals surface area contributed by atoms with Crippen molar-refractivity contribution in [3.8, 4) is 0 Å². The molecule has 3 rings (SSSR count). The first-order valence-corrected chi connectivity index (χ1v) is 8.42. The van der Waals surface area contributed by atoms with Gasteiger partial charge in [-0.25, -0.2) is 9.78 Å². The van der Waals surface area contributed by atoms with Crippen LogP contribution in [-0.2, 0) is 27.1 Å². The van der Waals surface area contributed by atoms with Crippen LogP contribution in [0.2, 0.25) is 0 Å². The van der Waals surface area contributed by atoms with E-state index in [1.807, 2.05) is 25.2 Å². The van der Waals surface area contributed by atoms with E-state index in [9.17, 15) is 9.59 Å². The van der Waals surface area contributed by atoms with Gasteiger partial charge in [0.2, 0.25) is 0 Å². The van der Waals surface area contributed by atoms with Crippen LogP contribution in [0.3, 0.4) is 0 Å². The molecule has 7 heteroatoms. The summed E-state index contributed by atoms with van der Waals surface area (Å²) >= 11 is 0. The van der Waals surface area contributed by atoms with E-state index in [0.717, 1.165) is 25.3 Å². The Morgan fingerprint density at radius 1 is 1.12 bits per heavy atom. The first-order chi connectivity index (χ1) is 12.0. The third-order valence-electron chi connectivity index (χ3n) is 4.60. The summed E-state index contributed by atoms with van der Waals surface area (Å²) in [5, 5.41) is 0. The summed E-state index contributed by atoms with van der Waals surface area (Å²) in [5.41, 5.74) is 1.30. The molecule has 2 aromatic heterocycles. The van der Waals surface area contributed by atoms with E-state index in [4.69, 9.17) is 0 Å². The molecule has 0 fully saturated rings. The lowest BCUT2D eigenvalue weighted by Gasteiger charge is -2.20. The lowest BCUT2D eigenvalue weighted by atomic mass is 10.1. The zero-order chi connectivity index (χ0) is 18.0. The van der Waals surface area contributed by atoms with Gasteiger partial charge in [0, 0.05) is 20.6 Å². The van der Waals surface area contributed by atoms with Crippen molar-refractivity contribution in [2.24, 2.45) is 14.1 Å². The number of aryl methyl sites for hydroxylation is 2. The molecule has 0 aliphatic rings. The molecule has 2 heterocycles. The van der Waals surface area contributed by atoms with Gasteiger partial charge in [0.1, 0.15) is 5.82 Å². The number of hydrogen-bond acceptors (Lipinski definition) is 4. The lowest BCUT2D eigenvalue weighted by molar-refractivity contribution is 0.274. The third kappa shape index (κ3) is 3.41. The fourth-order valence-corrected chi connectivity index (χ4v) is 2.98. The highest BCUT2D eigenvalue weighted by Crippen LogP contribution is 2.11. The minimum absolute atomic E-state index is 0.397. The van der Waals surface area contributed by atoms with Gasteiger partial charge >= 0.3 is 5.69 Å².